The molecule has 1 saturated carbocycles. The summed E-state index contributed by atoms with van der Waals surface area (Å²) in [6.45, 7) is 7.02. The molecule has 0 aromatic heterocycles. The molecular formula is C13H27NO4. The van der Waals surface area contributed by atoms with E-state index in [1.54, 1.807) is 7.11 Å². The SMILES string of the molecule is COCC1C[C@]1(C(C)CC(C)C)C(O)NC(O)O. The van der Waals surface area contributed by atoms with Gasteiger partial charge in [-0.05, 0) is 30.6 Å². The number of hydrogen-bond donors (Lipinski definition) is 4. The zero-order valence-electron chi connectivity index (χ0n) is 11.8. The number of methoxy groups -OCH3 is 1. The molecule has 1 aliphatic rings. The Balaban J connectivity index is 2.71. The molecule has 1 rings (SSSR count). The van der Waals surface area contributed by atoms with E-state index < -0.39 is 12.6 Å². The number of nitrogens with one attached hydrogen (secondary N) is 1. The lowest BCUT2D eigenvalue weighted by molar-refractivity contribution is -0.122. The van der Waals surface area contributed by atoms with Gasteiger partial charge in [0, 0.05) is 19.1 Å². The van der Waals surface area contributed by atoms with E-state index in [9.17, 15) is 5.11 Å². The maximum atomic E-state index is 10.2. The van der Waals surface area contributed by atoms with Crippen molar-refractivity contribution in [3.8, 4) is 0 Å². The van der Waals surface area contributed by atoms with Crippen molar-refractivity contribution in [3.63, 3.8) is 0 Å². The molecule has 1 fully saturated rings. The van der Waals surface area contributed by atoms with Gasteiger partial charge in [0.15, 0.2) is 0 Å². The molecule has 0 radical (unpaired) electrons. The lowest BCUT2D eigenvalue weighted by Crippen LogP contribution is -2.47. The van der Waals surface area contributed by atoms with E-state index in [-0.39, 0.29) is 11.3 Å². The molecule has 0 saturated heterocycles. The standard InChI is InChI=1S/C13H27NO4/c1-8(2)5-9(3)13(6-10(13)7-18-4)11(15)14-12(16)17/h8-12,14-17H,5-7H2,1-4H3/t9?,10?,11?,13-/m1/s1. The predicted octanol–water partition coefficient (Wildman–Crippen LogP) is 0.497. The minimum Gasteiger partial charge on any atom is -0.384 e. The van der Waals surface area contributed by atoms with Crippen molar-refractivity contribution in [2.45, 2.75) is 46.3 Å². The fraction of sp³-hybridized carbons (Fsp3) is 1.00. The van der Waals surface area contributed by atoms with Gasteiger partial charge in [-0.2, -0.15) is 0 Å². The third-order valence-corrected chi connectivity index (χ3v) is 4.13. The monoisotopic (exact) mass is 261 g/mol. The molecule has 0 heterocycles. The lowest BCUT2D eigenvalue weighted by Gasteiger charge is -2.32. The minimum absolute atomic E-state index is 0.275. The van der Waals surface area contributed by atoms with Crippen LogP contribution in [0.25, 0.3) is 0 Å². The Kier molecular flexibility index (Phi) is 5.55. The number of aliphatic hydroxyl groups excluding tert-OH is 2. The topological polar surface area (TPSA) is 82.0 Å². The van der Waals surface area contributed by atoms with Crippen LogP contribution in [-0.4, -0.2) is 41.7 Å². The summed E-state index contributed by atoms with van der Waals surface area (Å²) in [6, 6.07) is 0. The second kappa shape index (κ2) is 6.30. The molecule has 0 aliphatic heterocycles. The molecule has 108 valence electrons. The largest absolute Gasteiger partial charge is 0.384 e. The van der Waals surface area contributed by atoms with E-state index in [1.165, 1.54) is 0 Å². The van der Waals surface area contributed by atoms with Gasteiger partial charge in [0.25, 0.3) is 0 Å². The fourth-order valence-corrected chi connectivity index (χ4v) is 3.21. The number of rotatable bonds is 8. The Morgan fingerprint density at radius 3 is 2.33 bits per heavy atom. The van der Waals surface area contributed by atoms with Gasteiger partial charge in [0.1, 0.15) is 6.23 Å². The molecular weight excluding hydrogens is 234 g/mol. The van der Waals surface area contributed by atoms with Gasteiger partial charge in [-0.25, -0.2) is 5.32 Å². The molecule has 0 aromatic rings. The molecule has 1 aliphatic carbocycles. The van der Waals surface area contributed by atoms with Crippen LogP contribution in [0.15, 0.2) is 0 Å². The summed E-state index contributed by atoms with van der Waals surface area (Å²) in [5.74, 6) is 1.13. The second-order valence-corrected chi connectivity index (χ2v) is 5.94. The first-order chi connectivity index (χ1) is 8.34. The number of hydrogen-bond acceptors (Lipinski definition) is 5. The number of ether oxygens (including phenoxy) is 1. The zero-order chi connectivity index (χ0) is 13.9. The molecule has 3 unspecified atom stereocenters. The predicted molar refractivity (Wildman–Crippen MR) is 68.4 cm³/mol. The quantitative estimate of drug-likeness (QED) is 0.478. The summed E-state index contributed by atoms with van der Waals surface area (Å²) >= 11 is 0. The third kappa shape index (κ3) is 3.42. The zero-order valence-corrected chi connectivity index (χ0v) is 11.8. The van der Waals surface area contributed by atoms with Crippen molar-refractivity contribution < 1.29 is 20.1 Å². The Labute approximate surface area is 109 Å². The van der Waals surface area contributed by atoms with Gasteiger partial charge in [0.2, 0.25) is 6.41 Å². The van der Waals surface area contributed by atoms with E-state index in [1.807, 2.05) is 0 Å². The fourth-order valence-electron chi connectivity index (χ4n) is 3.21. The molecule has 5 nitrogen and oxygen atoms in total. The minimum atomic E-state index is -1.69. The third-order valence-electron chi connectivity index (χ3n) is 4.13. The van der Waals surface area contributed by atoms with E-state index in [4.69, 9.17) is 14.9 Å². The summed E-state index contributed by atoms with van der Waals surface area (Å²) in [5, 5.41) is 30.5. The van der Waals surface area contributed by atoms with E-state index in [0.717, 1.165) is 12.8 Å². The summed E-state index contributed by atoms with van der Waals surface area (Å²) in [7, 11) is 1.65. The Bertz CT molecular complexity index is 241. The van der Waals surface area contributed by atoms with Crippen molar-refractivity contribution in [2.24, 2.45) is 23.2 Å². The van der Waals surface area contributed by atoms with Crippen molar-refractivity contribution >= 4 is 0 Å². The normalized spacial score (nSPS) is 30.8. The molecule has 18 heavy (non-hydrogen) atoms. The molecule has 4 N–H and O–H groups in total. The van der Waals surface area contributed by atoms with Crippen LogP contribution in [0.4, 0.5) is 0 Å². The Morgan fingerprint density at radius 2 is 1.89 bits per heavy atom. The summed E-state index contributed by atoms with van der Waals surface area (Å²) in [6.07, 6.45) is -0.742. The molecule has 0 bridgehead atoms. The smallest absolute Gasteiger partial charge is 0.212 e. The summed E-state index contributed by atoms with van der Waals surface area (Å²) in [4.78, 5) is 0. The van der Waals surface area contributed by atoms with Crippen molar-refractivity contribution in [1.82, 2.24) is 5.32 Å². The first-order valence-corrected chi connectivity index (χ1v) is 6.63. The maximum absolute atomic E-state index is 10.2. The van der Waals surface area contributed by atoms with E-state index in [2.05, 4.69) is 26.1 Å². The maximum Gasteiger partial charge on any atom is 0.212 e. The van der Waals surface area contributed by atoms with Crippen molar-refractivity contribution in [3.05, 3.63) is 0 Å². The van der Waals surface area contributed by atoms with Gasteiger partial charge in [-0.1, -0.05) is 20.8 Å². The van der Waals surface area contributed by atoms with Crippen LogP contribution in [0.2, 0.25) is 0 Å². The molecule has 0 spiro atoms. The summed E-state index contributed by atoms with van der Waals surface area (Å²) < 4.78 is 5.17. The van der Waals surface area contributed by atoms with E-state index in [0.29, 0.717) is 18.4 Å². The molecule has 4 atom stereocenters. The Hall–Kier alpha value is -0.200. The highest BCUT2D eigenvalue weighted by Crippen LogP contribution is 2.61. The van der Waals surface area contributed by atoms with Gasteiger partial charge in [0.05, 0.1) is 0 Å². The van der Waals surface area contributed by atoms with Crippen LogP contribution < -0.4 is 5.32 Å². The second-order valence-electron chi connectivity index (χ2n) is 5.94. The van der Waals surface area contributed by atoms with Crippen molar-refractivity contribution in [1.29, 1.82) is 0 Å². The van der Waals surface area contributed by atoms with Gasteiger partial charge >= 0.3 is 0 Å². The average Bonchev–Trinajstić information content (AvgIpc) is 2.92. The van der Waals surface area contributed by atoms with Gasteiger partial charge < -0.3 is 20.1 Å². The van der Waals surface area contributed by atoms with Crippen LogP contribution in [0, 0.1) is 23.2 Å². The Morgan fingerprint density at radius 1 is 1.28 bits per heavy atom. The van der Waals surface area contributed by atoms with Crippen LogP contribution in [0.1, 0.15) is 33.6 Å². The highest BCUT2D eigenvalue weighted by Gasteiger charge is 2.61. The average molecular weight is 261 g/mol. The van der Waals surface area contributed by atoms with Crippen molar-refractivity contribution in [2.75, 3.05) is 13.7 Å². The van der Waals surface area contributed by atoms with Crippen LogP contribution in [0.3, 0.4) is 0 Å². The first-order valence-electron chi connectivity index (χ1n) is 6.63. The number of aliphatic hydroxyl groups is 3. The lowest BCUT2D eigenvalue weighted by atomic mass is 9.81. The van der Waals surface area contributed by atoms with Crippen LogP contribution >= 0.6 is 0 Å². The molecule has 0 aromatic carbocycles. The first kappa shape index (κ1) is 15.9. The highest BCUT2D eigenvalue weighted by atomic mass is 16.5. The molecule has 5 heteroatoms. The highest BCUT2D eigenvalue weighted by molar-refractivity contribution is 5.08. The van der Waals surface area contributed by atoms with Crippen LogP contribution in [0.5, 0.6) is 0 Å². The van der Waals surface area contributed by atoms with Gasteiger partial charge in [-0.15, -0.1) is 0 Å². The van der Waals surface area contributed by atoms with E-state index >= 15 is 0 Å². The summed E-state index contributed by atoms with van der Waals surface area (Å²) in [5.41, 5.74) is -0.302. The molecule has 0 amide bonds. The van der Waals surface area contributed by atoms with Gasteiger partial charge in [-0.3, -0.25) is 0 Å². The van der Waals surface area contributed by atoms with Crippen LogP contribution in [-0.2, 0) is 4.74 Å².